The van der Waals surface area contributed by atoms with E-state index in [2.05, 4.69) is 9.97 Å². The van der Waals surface area contributed by atoms with Crippen molar-refractivity contribution >= 4 is 5.91 Å². The third kappa shape index (κ3) is 3.69. The number of benzene rings is 1. The van der Waals surface area contributed by atoms with E-state index < -0.39 is 0 Å². The zero-order chi connectivity index (χ0) is 18.6. The van der Waals surface area contributed by atoms with Gasteiger partial charge in [-0.25, -0.2) is 4.98 Å². The highest BCUT2D eigenvalue weighted by atomic mass is 16.5. The molecule has 6 heteroatoms. The fourth-order valence-corrected chi connectivity index (χ4v) is 3.44. The summed E-state index contributed by atoms with van der Waals surface area (Å²) in [6.45, 7) is 0.688. The van der Waals surface area contributed by atoms with Crippen LogP contribution in [0.25, 0.3) is 0 Å². The van der Waals surface area contributed by atoms with Crippen LogP contribution in [0, 0.1) is 0 Å². The average molecular weight is 363 g/mol. The van der Waals surface area contributed by atoms with Gasteiger partial charge in [-0.05, 0) is 42.7 Å². The number of oxazole rings is 1. The summed E-state index contributed by atoms with van der Waals surface area (Å²) < 4.78 is 11.3. The van der Waals surface area contributed by atoms with Crippen molar-refractivity contribution in [3.05, 3.63) is 77.8 Å². The number of likely N-dealkylation sites (tertiary alicyclic amines) is 1. The van der Waals surface area contributed by atoms with E-state index in [4.69, 9.17) is 9.15 Å². The first kappa shape index (κ1) is 17.3. The van der Waals surface area contributed by atoms with Crippen LogP contribution in [0.4, 0.5) is 0 Å². The van der Waals surface area contributed by atoms with Crippen molar-refractivity contribution in [3.8, 4) is 5.75 Å². The Kier molecular flexibility index (Phi) is 4.87. The molecule has 0 spiro atoms. The fourth-order valence-electron chi connectivity index (χ4n) is 3.44. The maximum Gasteiger partial charge on any atom is 0.273 e. The number of methoxy groups -OCH3 is 1. The normalized spacial score (nSPS) is 16.5. The van der Waals surface area contributed by atoms with Crippen molar-refractivity contribution in [2.24, 2.45) is 0 Å². The van der Waals surface area contributed by atoms with Gasteiger partial charge in [-0.2, -0.15) is 0 Å². The molecule has 138 valence electrons. The Hall–Kier alpha value is -3.15. The van der Waals surface area contributed by atoms with Crippen molar-refractivity contribution in [3.63, 3.8) is 0 Å². The first-order valence-electron chi connectivity index (χ1n) is 9.04. The molecule has 1 aromatic carbocycles. The van der Waals surface area contributed by atoms with Gasteiger partial charge in [0.1, 0.15) is 23.2 Å². The number of pyridine rings is 1. The molecular formula is C21H21N3O3. The Balaban J connectivity index is 1.51. The van der Waals surface area contributed by atoms with Crippen LogP contribution in [0.3, 0.4) is 0 Å². The third-order valence-electron chi connectivity index (χ3n) is 4.77. The van der Waals surface area contributed by atoms with E-state index >= 15 is 0 Å². The summed E-state index contributed by atoms with van der Waals surface area (Å²) in [5.41, 5.74) is 1.54. The lowest BCUT2D eigenvalue weighted by Gasteiger charge is -2.21. The molecule has 1 aliphatic rings. The van der Waals surface area contributed by atoms with Crippen LogP contribution in [-0.4, -0.2) is 34.4 Å². The Morgan fingerprint density at radius 3 is 3.00 bits per heavy atom. The molecule has 4 rings (SSSR count). The number of carbonyl (C=O) groups is 1. The van der Waals surface area contributed by atoms with Gasteiger partial charge in [0.05, 0.1) is 13.3 Å². The molecule has 1 amide bonds. The van der Waals surface area contributed by atoms with Crippen molar-refractivity contribution in [2.75, 3.05) is 13.7 Å². The molecule has 6 nitrogen and oxygen atoms in total. The quantitative estimate of drug-likeness (QED) is 0.692. The fraction of sp³-hybridized carbons (Fsp3) is 0.286. The van der Waals surface area contributed by atoms with E-state index in [1.165, 1.54) is 0 Å². The van der Waals surface area contributed by atoms with Gasteiger partial charge in [0.15, 0.2) is 0 Å². The predicted octanol–water partition coefficient (Wildman–Crippen LogP) is 3.65. The SMILES string of the molecule is COc1cccc(Cc2cnc(C3CCCN3C(=O)c3ccccn3)o2)c1. The van der Waals surface area contributed by atoms with E-state index in [-0.39, 0.29) is 11.9 Å². The average Bonchev–Trinajstić information content (AvgIpc) is 3.37. The largest absolute Gasteiger partial charge is 0.497 e. The Labute approximate surface area is 157 Å². The molecular weight excluding hydrogens is 342 g/mol. The number of aromatic nitrogens is 2. The van der Waals surface area contributed by atoms with Gasteiger partial charge in [-0.1, -0.05) is 18.2 Å². The van der Waals surface area contributed by atoms with Gasteiger partial charge >= 0.3 is 0 Å². The minimum Gasteiger partial charge on any atom is -0.497 e. The Morgan fingerprint density at radius 2 is 2.19 bits per heavy atom. The van der Waals surface area contributed by atoms with Gasteiger partial charge in [0.2, 0.25) is 5.89 Å². The number of rotatable bonds is 5. The van der Waals surface area contributed by atoms with E-state index in [0.717, 1.165) is 29.9 Å². The minimum atomic E-state index is -0.140. The highest BCUT2D eigenvalue weighted by molar-refractivity contribution is 5.92. The summed E-state index contributed by atoms with van der Waals surface area (Å²) in [6.07, 6.45) is 5.78. The zero-order valence-corrected chi connectivity index (χ0v) is 15.2. The monoisotopic (exact) mass is 363 g/mol. The summed E-state index contributed by atoms with van der Waals surface area (Å²) in [6, 6.07) is 13.1. The van der Waals surface area contributed by atoms with Gasteiger partial charge in [0, 0.05) is 19.2 Å². The maximum atomic E-state index is 12.8. The lowest BCUT2D eigenvalue weighted by atomic mass is 10.1. The molecule has 2 aromatic heterocycles. The number of hydrogen-bond acceptors (Lipinski definition) is 5. The van der Waals surface area contributed by atoms with Crippen molar-refractivity contribution in [1.82, 2.24) is 14.9 Å². The number of nitrogens with zero attached hydrogens (tertiary/aromatic N) is 3. The number of amides is 1. The topological polar surface area (TPSA) is 68.5 Å². The molecule has 0 radical (unpaired) electrons. The molecule has 0 bridgehead atoms. The summed E-state index contributed by atoms with van der Waals surface area (Å²) in [5, 5.41) is 0. The van der Waals surface area contributed by atoms with E-state index in [1.807, 2.05) is 35.2 Å². The number of hydrogen-bond donors (Lipinski definition) is 0. The van der Waals surface area contributed by atoms with Crippen LogP contribution in [-0.2, 0) is 6.42 Å². The molecule has 1 saturated heterocycles. The smallest absolute Gasteiger partial charge is 0.273 e. The van der Waals surface area contributed by atoms with E-state index in [1.54, 1.807) is 31.6 Å². The standard InChI is InChI=1S/C21H21N3O3/c1-26-16-7-4-6-15(12-16)13-17-14-23-20(27-17)19-9-5-11-24(19)21(25)18-8-2-3-10-22-18/h2-4,6-8,10,12,14,19H,5,9,11,13H2,1H3. The van der Waals surface area contributed by atoms with Gasteiger partial charge in [0.25, 0.3) is 5.91 Å². The van der Waals surface area contributed by atoms with Crippen LogP contribution >= 0.6 is 0 Å². The zero-order valence-electron chi connectivity index (χ0n) is 15.2. The van der Waals surface area contributed by atoms with E-state index in [0.29, 0.717) is 24.6 Å². The number of carbonyl (C=O) groups excluding carboxylic acids is 1. The molecule has 0 saturated carbocycles. The first-order valence-corrected chi connectivity index (χ1v) is 9.04. The van der Waals surface area contributed by atoms with Crippen molar-refractivity contribution in [1.29, 1.82) is 0 Å². The van der Waals surface area contributed by atoms with Crippen LogP contribution in [0.1, 0.15) is 46.6 Å². The summed E-state index contributed by atoms with van der Waals surface area (Å²) in [7, 11) is 1.65. The van der Waals surface area contributed by atoms with Crippen LogP contribution in [0.15, 0.2) is 59.3 Å². The maximum absolute atomic E-state index is 12.8. The second-order valence-corrected chi connectivity index (χ2v) is 6.56. The van der Waals surface area contributed by atoms with Gasteiger partial charge in [-0.3, -0.25) is 9.78 Å². The molecule has 3 heterocycles. The lowest BCUT2D eigenvalue weighted by Crippen LogP contribution is -2.31. The van der Waals surface area contributed by atoms with Gasteiger partial charge < -0.3 is 14.1 Å². The highest BCUT2D eigenvalue weighted by Crippen LogP contribution is 2.33. The van der Waals surface area contributed by atoms with E-state index in [9.17, 15) is 4.79 Å². The molecule has 3 aromatic rings. The first-order chi connectivity index (χ1) is 13.2. The Morgan fingerprint density at radius 1 is 1.26 bits per heavy atom. The third-order valence-corrected chi connectivity index (χ3v) is 4.77. The van der Waals surface area contributed by atoms with Crippen LogP contribution < -0.4 is 4.74 Å². The second kappa shape index (κ2) is 7.61. The molecule has 1 aliphatic heterocycles. The molecule has 1 fully saturated rings. The van der Waals surface area contributed by atoms with Crippen LogP contribution in [0.5, 0.6) is 5.75 Å². The van der Waals surface area contributed by atoms with Crippen LogP contribution in [0.2, 0.25) is 0 Å². The second-order valence-electron chi connectivity index (χ2n) is 6.56. The molecule has 1 unspecified atom stereocenters. The molecule has 27 heavy (non-hydrogen) atoms. The van der Waals surface area contributed by atoms with Crippen molar-refractivity contribution < 1.29 is 13.9 Å². The summed E-state index contributed by atoms with van der Waals surface area (Å²) >= 11 is 0. The number of ether oxygens (including phenoxy) is 1. The molecule has 0 N–H and O–H groups in total. The van der Waals surface area contributed by atoms with Crippen molar-refractivity contribution in [2.45, 2.75) is 25.3 Å². The summed E-state index contributed by atoms with van der Waals surface area (Å²) in [5.74, 6) is 2.10. The molecule has 1 atom stereocenters. The summed E-state index contributed by atoms with van der Waals surface area (Å²) in [4.78, 5) is 23.2. The minimum absolute atomic E-state index is 0.0781. The predicted molar refractivity (Wildman–Crippen MR) is 99.6 cm³/mol. The lowest BCUT2D eigenvalue weighted by molar-refractivity contribution is 0.0708. The Bertz CT molecular complexity index is 923. The van der Waals surface area contributed by atoms with Gasteiger partial charge in [-0.15, -0.1) is 0 Å². The highest BCUT2D eigenvalue weighted by Gasteiger charge is 2.34. The molecule has 0 aliphatic carbocycles.